The largest absolute Gasteiger partial charge is 0.493 e. The fourth-order valence-electron chi connectivity index (χ4n) is 2.61. The zero-order chi connectivity index (χ0) is 16.4. The minimum absolute atomic E-state index is 0.0534. The molecule has 1 heterocycles. The molecular formula is C17H24N2O3. The smallest absolute Gasteiger partial charge is 0.250 e. The van der Waals surface area contributed by atoms with Crippen molar-refractivity contribution in [2.24, 2.45) is 5.92 Å². The van der Waals surface area contributed by atoms with Gasteiger partial charge < -0.3 is 19.7 Å². The summed E-state index contributed by atoms with van der Waals surface area (Å²) < 4.78 is 10.7. The molecule has 1 atom stereocenters. The first-order valence-corrected chi connectivity index (χ1v) is 7.37. The van der Waals surface area contributed by atoms with Gasteiger partial charge in [0.25, 0.3) is 0 Å². The van der Waals surface area contributed by atoms with Gasteiger partial charge in [0.05, 0.1) is 25.6 Å². The molecule has 1 aromatic rings. The number of carbonyl (C=O) groups is 1. The van der Waals surface area contributed by atoms with E-state index in [9.17, 15) is 4.79 Å². The highest BCUT2D eigenvalue weighted by Gasteiger charge is 2.35. The van der Waals surface area contributed by atoms with E-state index in [0.29, 0.717) is 18.0 Å². The predicted molar refractivity (Wildman–Crippen MR) is 89.0 cm³/mol. The van der Waals surface area contributed by atoms with Crippen LogP contribution in [0.2, 0.25) is 0 Å². The molecule has 0 aliphatic carbocycles. The second-order valence-electron chi connectivity index (χ2n) is 5.97. The van der Waals surface area contributed by atoms with Crippen LogP contribution in [-0.4, -0.2) is 32.7 Å². The summed E-state index contributed by atoms with van der Waals surface area (Å²) in [4.78, 5) is 14.5. The zero-order valence-corrected chi connectivity index (χ0v) is 13.9. The number of amides is 1. The van der Waals surface area contributed by atoms with Crippen LogP contribution in [0.3, 0.4) is 0 Å². The minimum Gasteiger partial charge on any atom is -0.493 e. The zero-order valence-electron chi connectivity index (χ0n) is 13.9. The molecule has 5 nitrogen and oxygen atoms in total. The first-order chi connectivity index (χ1) is 10.4. The summed E-state index contributed by atoms with van der Waals surface area (Å²) in [6.07, 6.45) is 0. The number of carbonyl (C=O) groups excluding carboxylic acids is 1. The van der Waals surface area contributed by atoms with Gasteiger partial charge in [0, 0.05) is 18.7 Å². The Morgan fingerprint density at radius 2 is 1.91 bits per heavy atom. The fraction of sp³-hybridized carbons (Fsp3) is 0.471. The van der Waals surface area contributed by atoms with Crippen LogP contribution in [0.25, 0.3) is 0 Å². The van der Waals surface area contributed by atoms with Crippen LogP contribution in [-0.2, 0) is 4.79 Å². The lowest BCUT2D eigenvalue weighted by Crippen LogP contribution is -2.50. The Morgan fingerprint density at radius 3 is 2.41 bits per heavy atom. The van der Waals surface area contributed by atoms with E-state index < -0.39 is 0 Å². The summed E-state index contributed by atoms with van der Waals surface area (Å²) in [5.41, 5.74) is 2.60. The van der Waals surface area contributed by atoms with Gasteiger partial charge in [0.1, 0.15) is 6.04 Å². The fourth-order valence-corrected chi connectivity index (χ4v) is 2.61. The van der Waals surface area contributed by atoms with Crippen LogP contribution in [0, 0.1) is 5.92 Å². The van der Waals surface area contributed by atoms with Crippen molar-refractivity contribution in [2.45, 2.75) is 26.8 Å². The normalized spacial score (nSPS) is 17.1. The van der Waals surface area contributed by atoms with E-state index in [4.69, 9.17) is 9.47 Å². The highest BCUT2D eigenvalue weighted by Crippen LogP contribution is 2.41. The van der Waals surface area contributed by atoms with Crippen molar-refractivity contribution in [1.29, 1.82) is 0 Å². The Kier molecular flexibility index (Phi) is 4.64. The van der Waals surface area contributed by atoms with Gasteiger partial charge in [-0.2, -0.15) is 0 Å². The van der Waals surface area contributed by atoms with E-state index in [1.165, 1.54) is 0 Å². The third-order valence-corrected chi connectivity index (χ3v) is 3.73. The number of hydrogen-bond donors (Lipinski definition) is 1. The average Bonchev–Trinajstić information content (AvgIpc) is 2.47. The molecule has 1 aromatic carbocycles. The standard InChI is InChI=1S/C17H24N2O3/c1-10(2)9-19-13-8-15(22-6)14(21-5)7-12(13)18-16(11(3)4)17(19)20/h7-8,11,16,18H,1,9H2,2-6H3. The molecule has 5 heteroatoms. The molecule has 0 spiro atoms. The number of nitrogens with one attached hydrogen (secondary N) is 1. The number of fused-ring (bicyclic) bond motifs is 1. The Balaban J connectivity index is 2.55. The number of nitrogens with zero attached hydrogens (tertiary/aromatic N) is 1. The Morgan fingerprint density at radius 1 is 1.32 bits per heavy atom. The average molecular weight is 304 g/mol. The third-order valence-electron chi connectivity index (χ3n) is 3.73. The lowest BCUT2D eigenvalue weighted by molar-refractivity contribution is -0.120. The van der Waals surface area contributed by atoms with Crippen molar-refractivity contribution in [3.8, 4) is 11.5 Å². The lowest BCUT2D eigenvalue weighted by Gasteiger charge is -2.37. The predicted octanol–water partition coefficient (Wildman–Crippen LogP) is 3.06. The molecule has 1 amide bonds. The van der Waals surface area contributed by atoms with Gasteiger partial charge in [-0.1, -0.05) is 26.0 Å². The van der Waals surface area contributed by atoms with Gasteiger partial charge in [-0.15, -0.1) is 0 Å². The first kappa shape index (κ1) is 16.2. The van der Waals surface area contributed by atoms with Gasteiger partial charge in [0.15, 0.2) is 11.5 Å². The maximum Gasteiger partial charge on any atom is 0.250 e. The van der Waals surface area contributed by atoms with Gasteiger partial charge >= 0.3 is 0 Å². The van der Waals surface area contributed by atoms with Crippen molar-refractivity contribution >= 4 is 17.3 Å². The van der Waals surface area contributed by atoms with Crippen molar-refractivity contribution in [3.63, 3.8) is 0 Å². The summed E-state index contributed by atoms with van der Waals surface area (Å²) >= 11 is 0. The molecule has 1 unspecified atom stereocenters. The highest BCUT2D eigenvalue weighted by molar-refractivity contribution is 6.06. The van der Waals surface area contributed by atoms with Gasteiger partial charge in [-0.25, -0.2) is 0 Å². The van der Waals surface area contributed by atoms with Crippen LogP contribution in [0.4, 0.5) is 11.4 Å². The lowest BCUT2D eigenvalue weighted by atomic mass is 9.98. The van der Waals surface area contributed by atoms with Gasteiger partial charge in [-0.3, -0.25) is 4.79 Å². The van der Waals surface area contributed by atoms with Crippen molar-refractivity contribution < 1.29 is 14.3 Å². The molecule has 1 aliphatic heterocycles. The molecule has 22 heavy (non-hydrogen) atoms. The maximum atomic E-state index is 12.8. The molecule has 2 rings (SSSR count). The second kappa shape index (κ2) is 6.30. The quantitative estimate of drug-likeness (QED) is 0.849. The molecule has 1 N–H and O–H groups in total. The van der Waals surface area contributed by atoms with E-state index in [-0.39, 0.29) is 17.9 Å². The van der Waals surface area contributed by atoms with E-state index in [0.717, 1.165) is 16.9 Å². The molecular weight excluding hydrogens is 280 g/mol. The van der Waals surface area contributed by atoms with Crippen molar-refractivity contribution in [3.05, 3.63) is 24.3 Å². The van der Waals surface area contributed by atoms with Gasteiger partial charge in [-0.05, 0) is 12.8 Å². The number of methoxy groups -OCH3 is 2. The van der Waals surface area contributed by atoms with E-state index in [1.54, 1.807) is 19.1 Å². The number of benzene rings is 1. The van der Waals surface area contributed by atoms with E-state index in [2.05, 4.69) is 11.9 Å². The van der Waals surface area contributed by atoms with Crippen LogP contribution >= 0.6 is 0 Å². The monoisotopic (exact) mass is 304 g/mol. The molecule has 0 radical (unpaired) electrons. The summed E-state index contributed by atoms with van der Waals surface area (Å²) in [5, 5.41) is 3.32. The van der Waals surface area contributed by atoms with Crippen LogP contribution < -0.4 is 19.7 Å². The molecule has 1 aliphatic rings. The van der Waals surface area contributed by atoms with E-state index >= 15 is 0 Å². The number of rotatable bonds is 5. The summed E-state index contributed by atoms with van der Waals surface area (Å²) in [6, 6.07) is 3.45. The molecule has 0 fully saturated rings. The Labute approximate surface area is 131 Å². The minimum atomic E-state index is -0.259. The van der Waals surface area contributed by atoms with E-state index in [1.807, 2.05) is 32.9 Å². The van der Waals surface area contributed by atoms with Crippen LogP contribution in [0.15, 0.2) is 24.3 Å². The first-order valence-electron chi connectivity index (χ1n) is 7.37. The Hall–Kier alpha value is -2.17. The Bertz CT molecular complexity index is 596. The van der Waals surface area contributed by atoms with Crippen LogP contribution in [0.5, 0.6) is 11.5 Å². The topological polar surface area (TPSA) is 50.8 Å². The number of ether oxygens (including phenoxy) is 2. The molecule has 0 bridgehead atoms. The second-order valence-corrected chi connectivity index (χ2v) is 5.97. The molecule has 0 saturated heterocycles. The summed E-state index contributed by atoms with van der Waals surface area (Å²) in [7, 11) is 3.19. The maximum absolute atomic E-state index is 12.8. The van der Waals surface area contributed by atoms with Crippen molar-refractivity contribution in [1.82, 2.24) is 0 Å². The highest BCUT2D eigenvalue weighted by atomic mass is 16.5. The summed E-state index contributed by atoms with van der Waals surface area (Å²) in [5.74, 6) is 1.48. The van der Waals surface area contributed by atoms with Crippen molar-refractivity contribution in [2.75, 3.05) is 31.0 Å². The summed E-state index contributed by atoms with van der Waals surface area (Å²) in [6.45, 7) is 10.4. The van der Waals surface area contributed by atoms with Crippen LogP contribution in [0.1, 0.15) is 20.8 Å². The molecule has 0 aromatic heterocycles. The molecule has 0 saturated carbocycles. The third kappa shape index (κ3) is 2.89. The number of hydrogen-bond acceptors (Lipinski definition) is 4. The molecule has 120 valence electrons. The van der Waals surface area contributed by atoms with Gasteiger partial charge in [0.2, 0.25) is 5.91 Å². The number of anilines is 2. The SMILES string of the molecule is C=C(C)CN1C(=O)C(C(C)C)Nc2cc(OC)c(OC)cc21.